The molecule has 1 N–H and O–H groups in total. The fraction of sp³-hybridized carbons (Fsp3) is 0.677. The highest BCUT2D eigenvalue weighted by molar-refractivity contribution is 5.80. The largest absolute Gasteiger partial charge is 0.458 e. The molecule has 15 heteroatoms. The Balaban J connectivity index is 1.95. The lowest BCUT2D eigenvalue weighted by atomic mass is 9.30. The van der Waals surface area contributed by atoms with Crippen molar-refractivity contribution in [1.82, 2.24) is 0 Å². The highest BCUT2D eigenvalue weighted by atomic mass is 16.7. The Labute approximate surface area is 264 Å². The Morgan fingerprint density at radius 2 is 1.48 bits per heavy atom. The Morgan fingerprint density at radius 1 is 0.913 bits per heavy atom. The van der Waals surface area contributed by atoms with Crippen LogP contribution < -0.4 is 0 Å². The van der Waals surface area contributed by atoms with Gasteiger partial charge < -0.3 is 43.0 Å². The molecule has 0 aromatic heterocycles. The number of rotatable bonds is 7. The molecule has 1 spiro atoms. The maximum Gasteiger partial charge on any atom is 0.312 e. The molecule has 5 aliphatic rings. The molecule has 3 aliphatic carbocycles. The summed E-state index contributed by atoms with van der Waals surface area (Å²) in [5.41, 5.74) is -10.3. The minimum atomic E-state index is -2.49. The molecule has 2 saturated carbocycles. The molecule has 0 bridgehead atoms. The van der Waals surface area contributed by atoms with E-state index in [0.29, 0.717) is 5.57 Å². The topological polar surface area (TPSA) is 200 Å². The molecule has 0 aromatic rings. The molecule has 4 fully saturated rings. The molecule has 0 radical (unpaired) electrons. The maximum atomic E-state index is 13.3. The van der Waals surface area contributed by atoms with Crippen LogP contribution in [0.15, 0.2) is 23.8 Å². The number of fused-ring (bicyclic) bond motifs is 7. The van der Waals surface area contributed by atoms with Crippen LogP contribution in [0.2, 0.25) is 0 Å². The third kappa shape index (κ3) is 4.20. The second-order valence-electron chi connectivity index (χ2n) is 12.7. The molecule has 2 aliphatic heterocycles. The number of aliphatic hydroxyl groups is 1. The third-order valence-electron chi connectivity index (χ3n) is 9.99. The van der Waals surface area contributed by atoms with E-state index < -0.39 is 99.9 Å². The molecule has 2 heterocycles. The van der Waals surface area contributed by atoms with E-state index in [0.717, 1.165) is 34.6 Å². The van der Waals surface area contributed by atoms with E-state index in [1.807, 2.05) is 0 Å². The van der Waals surface area contributed by atoms with Gasteiger partial charge in [0.05, 0.1) is 30.5 Å². The number of carbonyl (C=O) groups is 6. The minimum absolute atomic E-state index is 0.0447. The van der Waals surface area contributed by atoms with E-state index in [-0.39, 0.29) is 13.2 Å². The van der Waals surface area contributed by atoms with Crippen molar-refractivity contribution in [2.45, 2.75) is 95.3 Å². The van der Waals surface area contributed by atoms with E-state index in [1.54, 1.807) is 0 Å². The summed E-state index contributed by atoms with van der Waals surface area (Å²) < 4.78 is 46.8. The van der Waals surface area contributed by atoms with Gasteiger partial charge in [0.2, 0.25) is 0 Å². The van der Waals surface area contributed by atoms with Crippen molar-refractivity contribution in [2.24, 2.45) is 17.3 Å². The minimum Gasteiger partial charge on any atom is -0.458 e. The summed E-state index contributed by atoms with van der Waals surface area (Å²) in [6.45, 7) is 8.13. The van der Waals surface area contributed by atoms with E-state index in [2.05, 4.69) is 0 Å². The second kappa shape index (κ2) is 10.9. The van der Waals surface area contributed by atoms with Crippen LogP contribution >= 0.6 is 0 Å². The monoisotopic (exact) mass is 650 g/mol. The molecule has 15 nitrogen and oxygen atoms in total. The first-order valence-electron chi connectivity index (χ1n) is 14.8. The van der Waals surface area contributed by atoms with Gasteiger partial charge in [0.1, 0.15) is 5.60 Å². The molecule has 2 saturated heterocycles. The van der Waals surface area contributed by atoms with Crippen LogP contribution in [0.1, 0.15) is 48.5 Å². The third-order valence-corrected chi connectivity index (χ3v) is 9.99. The van der Waals surface area contributed by atoms with Crippen LogP contribution in [0.4, 0.5) is 0 Å². The molecular formula is C31H38O15. The van der Waals surface area contributed by atoms with Crippen molar-refractivity contribution in [3.05, 3.63) is 23.8 Å². The number of carbonyl (C=O) groups excluding carboxylic acids is 6. The van der Waals surface area contributed by atoms with Gasteiger partial charge in [-0.05, 0) is 24.6 Å². The Morgan fingerprint density at radius 3 is 1.98 bits per heavy atom. The number of methoxy groups -OCH3 is 1. The lowest BCUT2D eigenvalue weighted by Gasteiger charge is -2.78. The Kier molecular flexibility index (Phi) is 7.93. The van der Waals surface area contributed by atoms with Gasteiger partial charge in [0.15, 0.2) is 41.2 Å². The van der Waals surface area contributed by atoms with E-state index in [4.69, 9.17) is 37.9 Å². The Bertz CT molecular complexity index is 1440. The van der Waals surface area contributed by atoms with Gasteiger partial charge >= 0.3 is 35.8 Å². The first-order chi connectivity index (χ1) is 21.4. The molecular weight excluding hydrogens is 612 g/mol. The van der Waals surface area contributed by atoms with Gasteiger partial charge in [-0.2, -0.15) is 0 Å². The summed E-state index contributed by atoms with van der Waals surface area (Å²) in [6.07, 6.45) is -1.77. The smallest absolute Gasteiger partial charge is 0.312 e. The SMILES string of the molecule is COCC1=C/[C@@H]2OC(=O)[C@H](C)[C@@]2(O)[C@]2(OC(C)=O)[C@H]3[C@@]4(CO4)[C@H](OC(C)=O)[C@H](OC(C)=O)[C@H](OC(C)=O)[C@]3(C)[C@]2(OC(C)=O)/C=C\1. The van der Waals surface area contributed by atoms with Crippen molar-refractivity contribution in [3.8, 4) is 0 Å². The predicted molar refractivity (Wildman–Crippen MR) is 149 cm³/mol. The number of hydrogen-bond donors (Lipinski definition) is 1. The normalized spacial score (nSPS) is 45.0. The van der Waals surface area contributed by atoms with Gasteiger partial charge in [-0.1, -0.05) is 13.0 Å². The fourth-order valence-corrected chi connectivity index (χ4v) is 8.68. The average molecular weight is 651 g/mol. The highest BCUT2D eigenvalue weighted by Crippen LogP contribution is 2.80. The summed E-state index contributed by atoms with van der Waals surface area (Å²) in [7, 11) is 1.42. The maximum absolute atomic E-state index is 13.3. The molecule has 0 aromatic carbocycles. The van der Waals surface area contributed by atoms with Gasteiger partial charge in [0, 0.05) is 41.7 Å². The summed E-state index contributed by atoms with van der Waals surface area (Å²) in [6, 6.07) is 0. The molecule has 11 atom stereocenters. The van der Waals surface area contributed by atoms with Crippen LogP contribution in [-0.2, 0) is 66.7 Å². The van der Waals surface area contributed by atoms with Gasteiger partial charge in [-0.3, -0.25) is 28.8 Å². The van der Waals surface area contributed by atoms with Gasteiger partial charge in [0.25, 0.3) is 0 Å². The summed E-state index contributed by atoms with van der Waals surface area (Å²) in [4.78, 5) is 77.5. The van der Waals surface area contributed by atoms with E-state index in [1.165, 1.54) is 39.2 Å². The van der Waals surface area contributed by atoms with E-state index in [9.17, 15) is 33.9 Å². The zero-order valence-electron chi connectivity index (χ0n) is 26.8. The summed E-state index contributed by atoms with van der Waals surface area (Å²) in [5.74, 6) is -7.97. The Hall–Kier alpha value is -3.82. The average Bonchev–Trinajstić information content (AvgIpc) is 3.68. The van der Waals surface area contributed by atoms with Crippen molar-refractivity contribution in [3.63, 3.8) is 0 Å². The zero-order chi connectivity index (χ0) is 34.2. The van der Waals surface area contributed by atoms with Gasteiger partial charge in [-0.15, -0.1) is 0 Å². The highest BCUT2D eigenvalue weighted by Gasteiger charge is 3.00. The molecule has 5 rings (SSSR count). The summed E-state index contributed by atoms with van der Waals surface area (Å²) >= 11 is 0. The molecule has 0 unspecified atom stereocenters. The molecule has 252 valence electrons. The van der Waals surface area contributed by atoms with Crippen molar-refractivity contribution < 1.29 is 71.8 Å². The predicted octanol–water partition coefficient (Wildman–Crippen LogP) is 0.239. The van der Waals surface area contributed by atoms with Crippen molar-refractivity contribution in [1.29, 1.82) is 0 Å². The van der Waals surface area contributed by atoms with Crippen molar-refractivity contribution >= 4 is 35.8 Å². The van der Waals surface area contributed by atoms with E-state index >= 15 is 0 Å². The number of ether oxygens (including phenoxy) is 8. The summed E-state index contributed by atoms with van der Waals surface area (Å²) in [5, 5.41) is 13.1. The first-order valence-corrected chi connectivity index (χ1v) is 14.8. The quantitative estimate of drug-likeness (QED) is 0.223. The van der Waals surface area contributed by atoms with Crippen molar-refractivity contribution in [2.75, 3.05) is 20.3 Å². The number of hydrogen-bond acceptors (Lipinski definition) is 15. The van der Waals surface area contributed by atoms with Crippen LogP contribution in [0.5, 0.6) is 0 Å². The molecule has 0 amide bonds. The lowest BCUT2D eigenvalue weighted by molar-refractivity contribution is -0.434. The second-order valence-corrected chi connectivity index (χ2v) is 12.7. The lowest BCUT2D eigenvalue weighted by Crippen LogP contribution is -2.97. The van der Waals surface area contributed by atoms with Crippen LogP contribution in [0.3, 0.4) is 0 Å². The zero-order valence-corrected chi connectivity index (χ0v) is 26.8. The fourth-order valence-electron chi connectivity index (χ4n) is 8.68. The number of epoxide rings is 1. The first kappa shape index (κ1) is 33.5. The standard InChI is InChI=1S/C31H38O15/c1-14-25(37)44-21-11-20(12-39-8)9-10-29(45-18(5)35)27(7)23(42-16(3)33)22(41-15(2)32)24(43-17(4)34)28(13-40-28)26(27)31(29,30(14,21)38)46-19(6)36/h9-11,14,21-24,26,38H,12-13H2,1-8H3/b10-9-,20-11+/t14-,21-,22+,23-,24+,26+,27-,28+,29+,30-,31-/m0/s1. The van der Waals surface area contributed by atoms with Crippen LogP contribution in [0, 0.1) is 17.3 Å². The van der Waals surface area contributed by atoms with Crippen LogP contribution in [-0.4, -0.2) is 108 Å². The van der Waals surface area contributed by atoms with Gasteiger partial charge in [-0.25, -0.2) is 0 Å². The number of esters is 6. The molecule has 46 heavy (non-hydrogen) atoms. The van der Waals surface area contributed by atoms with Crippen LogP contribution in [0.25, 0.3) is 0 Å².